The highest BCUT2D eigenvalue weighted by atomic mass is 16.1. The monoisotopic (exact) mass is 431 g/mol. The van der Waals surface area contributed by atoms with Crippen LogP contribution in [0.15, 0.2) is 41.5 Å². The molecule has 0 bridgehead atoms. The number of aromatic nitrogens is 5. The predicted molar refractivity (Wildman–Crippen MR) is 126 cm³/mol. The standard InChI is InChI=1S/C24H29N7O/c1-5-8-28-9-10-29(14-17(28)3)19-6-7-23-26-20(12-24(32)30(23)15-19)21-11-22-18(4)25-16(2)13-31(22)27-21/h6-7,11-13,15,17H,5,8-10,14H2,1-4H3/t17-/m0/s1. The van der Waals surface area contributed by atoms with E-state index in [9.17, 15) is 4.79 Å². The molecule has 1 aliphatic heterocycles. The van der Waals surface area contributed by atoms with Gasteiger partial charge in [-0.05, 0) is 51.9 Å². The van der Waals surface area contributed by atoms with Gasteiger partial charge in [0.25, 0.3) is 5.56 Å². The quantitative estimate of drug-likeness (QED) is 0.495. The highest BCUT2D eigenvalue weighted by Gasteiger charge is 2.23. The van der Waals surface area contributed by atoms with E-state index in [4.69, 9.17) is 4.98 Å². The lowest BCUT2D eigenvalue weighted by Gasteiger charge is -2.40. The topological polar surface area (TPSA) is 71.0 Å². The molecule has 0 radical (unpaired) electrons. The van der Waals surface area contributed by atoms with Gasteiger partial charge in [0.05, 0.1) is 34.5 Å². The smallest absolute Gasteiger partial charge is 0.258 e. The van der Waals surface area contributed by atoms with Crippen LogP contribution in [-0.4, -0.2) is 61.1 Å². The Morgan fingerprint density at radius 1 is 1.06 bits per heavy atom. The second-order valence-corrected chi connectivity index (χ2v) is 8.75. The first kappa shape index (κ1) is 20.6. The molecule has 0 saturated carbocycles. The molecule has 1 aliphatic rings. The number of hydrogen-bond donors (Lipinski definition) is 0. The maximum absolute atomic E-state index is 13.0. The first-order chi connectivity index (χ1) is 15.4. The Kier molecular flexibility index (Phi) is 5.17. The number of anilines is 1. The summed E-state index contributed by atoms with van der Waals surface area (Å²) in [5, 5.41) is 4.63. The van der Waals surface area contributed by atoms with E-state index in [0.29, 0.717) is 23.1 Å². The molecule has 166 valence electrons. The number of aryl methyl sites for hydroxylation is 2. The van der Waals surface area contributed by atoms with Crippen molar-refractivity contribution >= 4 is 16.9 Å². The summed E-state index contributed by atoms with van der Waals surface area (Å²) in [6.45, 7) is 12.5. The van der Waals surface area contributed by atoms with Crippen LogP contribution in [0, 0.1) is 13.8 Å². The van der Waals surface area contributed by atoms with Crippen LogP contribution in [0.1, 0.15) is 31.7 Å². The number of rotatable bonds is 4. The van der Waals surface area contributed by atoms with Gasteiger partial charge in [0.1, 0.15) is 11.3 Å². The second kappa shape index (κ2) is 8.02. The van der Waals surface area contributed by atoms with Crippen molar-refractivity contribution in [2.45, 2.75) is 40.2 Å². The SMILES string of the molecule is CCCN1CCN(c2ccc3nc(-c4cc5c(C)nc(C)cn5n4)cc(=O)n3c2)C[C@@H]1C. The minimum atomic E-state index is -0.104. The molecule has 0 unspecified atom stereocenters. The van der Waals surface area contributed by atoms with Gasteiger partial charge in [0.2, 0.25) is 0 Å². The molecule has 0 spiro atoms. The van der Waals surface area contributed by atoms with Gasteiger partial charge >= 0.3 is 0 Å². The second-order valence-electron chi connectivity index (χ2n) is 8.75. The Morgan fingerprint density at radius 3 is 2.69 bits per heavy atom. The van der Waals surface area contributed by atoms with Crippen LogP contribution in [0.4, 0.5) is 5.69 Å². The molecule has 5 rings (SSSR count). The van der Waals surface area contributed by atoms with E-state index >= 15 is 0 Å². The molecule has 0 N–H and O–H groups in total. The Balaban J connectivity index is 1.48. The summed E-state index contributed by atoms with van der Waals surface area (Å²) in [6, 6.07) is 7.99. The van der Waals surface area contributed by atoms with Gasteiger partial charge in [0.15, 0.2) is 0 Å². The minimum absolute atomic E-state index is 0.104. The van der Waals surface area contributed by atoms with Crippen LogP contribution in [0.3, 0.4) is 0 Å². The lowest BCUT2D eigenvalue weighted by molar-refractivity contribution is 0.190. The van der Waals surface area contributed by atoms with Crippen molar-refractivity contribution < 1.29 is 0 Å². The van der Waals surface area contributed by atoms with E-state index in [1.165, 1.54) is 6.42 Å². The minimum Gasteiger partial charge on any atom is -0.367 e. The number of nitrogens with zero attached hydrogens (tertiary/aromatic N) is 7. The van der Waals surface area contributed by atoms with E-state index in [1.54, 1.807) is 15.0 Å². The molecule has 1 atom stereocenters. The average Bonchev–Trinajstić information content (AvgIpc) is 3.19. The molecular weight excluding hydrogens is 402 g/mol. The third-order valence-electron chi connectivity index (χ3n) is 6.31. The van der Waals surface area contributed by atoms with Gasteiger partial charge < -0.3 is 4.90 Å². The Labute approximate surface area is 187 Å². The van der Waals surface area contributed by atoms with Gasteiger partial charge in [-0.25, -0.2) is 9.50 Å². The first-order valence-electron chi connectivity index (χ1n) is 11.3. The summed E-state index contributed by atoms with van der Waals surface area (Å²) in [4.78, 5) is 27.1. The zero-order valence-electron chi connectivity index (χ0n) is 19.1. The maximum Gasteiger partial charge on any atom is 0.258 e. The molecule has 0 amide bonds. The van der Waals surface area contributed by atoms with Crippen LogP contribution in [0.2, 0.25) is 0 Å². The van der Waals surface area contributed by atoms with Crippen molar-refractivity contribution in [3.63, 3.8) is 0 Å². The van der Waals surface area contributed by atoms with Crippen LogP contribution in [-0.2, 0) is 0 Å². The van der Waals surface area contributed by atoms with Crippen molar-refractivity contribution in [3.8, 4) is 11.4 Å². The van der Waals surface area contributed by atoms with Gasteiger partial charge in [-0.2, -0.15) is 5.10 Å². The molecule has 1 saturated heterocycles. The number of hydrogen-bond acceptors (Lipinski definition) is 6. The molecule has 0 aromatic carbocycles. The van der Waals surface area contributed by atoms with E-state index in [2.05, 4.69) is 39.8 Å². The number of fused-ring (bicyclic) bond motifs is 2. The third-order valence-corrected chi connectivity index (χ3v) is 6.31. The van der Waals surface area contributed by atoms with E-state index in [0.717, 1.165) is 48.8 Å². The molecule has 4 aromatic rings. The summed E-state index contributed by atoms with van der Waals surface area (Å²) >= 11 is 0. The largest absolute Gasteiger partial charge is 0.367 e. The molecule has 8 heteroatoms. The molecule has 1 fully saturated rings. The Bertz CT molecular complexity index is 1360. The van der Waals surface area contributed by atoms with Crippen LogP contribution in [0.5, 0.6) is 0 Å². The fraction of sp³-hybridized carbons (Fsp3) is 0.417. The molecule has 32 heavy (non-hydrogen) atoms. The average molecular weight is 432 g/mol. The fourth-order valence-electron chi connectivity index (χ4n) is 4.67. The van der Waals surface area contributed by atoms with Crippen molar-refractivity contribution in [3.05, 3.63) is 58.4 Å². The Morgan fingerprint density at radius 2 is 1.91 bits per heavy atom. The predicted octanol–water partition coefficient (Wildman–Crippen LogP) is 2.94. The number of pyridine rings is 1. The third kappa shape index (κ3) is 3.64. The van der Waals surface area contributed by atoms with Crippen LogP contribution < -0.4 is 10.5 Å². The summed E-state index contributed by atoms with van der Waals surface area (Å²) in [5.74, 6) is 0. The molecule has 4 aromatic heterocycles. The first-order valence-corrected chi connectivity index (χ1v) is 11.3. The maximum atomic E-state index is 13.0. The van der Waals surface area contributed by atoms with Crippen molar-refractivity contribution in [1.82, 2.24) is 28.9 Å². The van der Waals surface area contributed by atoms with Gasteiger partial charge in [-0.15, -0.1) is 0 Å². The zero-order valence-corrected chi connectivity index (χ0v) is 19.1. The summed E-state index contributed by atoms with van der Waals surface area (Å²) in [6.07, 6.45) is 4.97. The molecule has 8 nitrogen and oxygen atoms in total. The van der Waals surface area contributed by atoms with Crippen molar-refractivity contribution in [2.24, 2.45) is 0 Å². The van der Waals surface area contributed by atoms with Gasteiger partial charge in [0, 0.05) is 37.9 Å². The van der Waals surface area contributed by atoms with Gasteiger partial charge in [-0.1, -0.05) is 6.92 Å². The highest BCUT2D eigenvalue weighted by Crippen LogP contribution is 2.22. The summed E-state index contributed by atoms with van der Waals surface area (Å²) in [5.41, 5.74) is 5.54. The van der Waals surface area contributed by atoms with Crippen molar-refractivity contribution in [2.75, 3.05) is 31.1 Å². The highest BCUT2D eigenvalue weighted by molar-refractivity contribution is 5.66. The van der Waals surface area contributed by atoms with E-state index in [1.807, 2.05) is 38.4 Å². The zero-order chi connectivity index (χ0) is 22.4. The molecular formula is C24H29N7O. The van der Waals surface area contributed by atoms with E-state index in [-0.39, 0.29) is 5.56 Å². The van der Waals surface area contributed by atoms with Crippen LogP contribution in [0.25, 0.3) is 22.6 Å². The summed E-state index contributed by atoms with van der Waals surface area (Å²) in [7, 11) is 0. The normalized spacial score (nSPS) is 17.5. The molecule has 0 aliphatic carbocycles. The lowest BCUT2D eigenvalue weighted by Crippen LogP contribution is -2.52. The van der Waals surface area contributed by atoms with Crippen molar-refractivity contribution in [1.29, 1.82) is 0 Å². The lowest BCUT2D eigenvalue weighted by atomic mass is 10.1. The molecule has 5 heterocycles. The summed E-state index contributed by atoms with van der Waals surface area (Å²) < 4.78 is 3.44. The van der Waals surface area contributed by atoms with Crippen LogP contribution >= 0.6 is 0 Å². The Hall–Kier alpha value is -3.26. The van der Waals surface area contributed by atoms with E-state index < -0.39 is 0 Å². The van der Waals surface area contributed by atoms with Gasteiger partial charge in [-0.3, -0.25) is 19.1 Å². The number of piperazine rings is 1. The fourth-order valence-corrected chi connectivity index (χ4v) is 4.67.